The Balaban J connectivity index is 2.62. The number of aromatic nitrogens is 3. The molecular formula is C14H26N4O2. The van der Waals surface area contributed by atoms with Crippen LogP contribution in [0.5, 0.6) is 0 Å². The molecule has 0 spiro atoms. The van der Waals surface area contributed by atoms with Crippen LogP contribution in [-0.2, 0) is 22.6 Å². The van der Waals surface area contributed by atoms with Gasteiger partial charge in [-0.2, -0.15) is 5.10 Å². The van der Waals surface area contributed by atoms with Crippen molar-refractivity contribution in [2.24, 2.45) is 11.8 Å². The van der Waals surface area contributed by atoms with E-state index in [2.05, 4.69) is 43.1 Å². The molecule has 0 aliphatic heterocycles. The smallest absolute Gasteiger partial charge is 0.322 e. The summed E-state index contributed by atoms with van der Waals surface area (Å²) >= 11 is 0. The standard InChI is InChI=1S/C14H26N4O2/c1-10(2)6-12(14(19)20-5)15-7-13-16-9-17-18(13)8-11(3)4/h9-12,15H,6-8H2,1-5H3. The van der Waals surface area contributed by atoms with Crippen LogP contribution in [0.4, 0.5) is 0 Å². The first-order valence-electron chi connectivity index (χ1n) is 7.11. The van der Waals surface area contributed by atoms with Crippen molar-refractivity contribution in [3.63, 3.8) is 0 Å². The van der Waals surface area contributed by atoms with Gasteiger partial charge in [-0.25, -0.2) is 9.67 Å². The van der Waals surface area contributed by atoms with Gasteiger partial charge in [-0.05, 0) is 18.3 Å². The molecule has 0 aliphatic carbocycles. The second-order valence-electron chi connectivity index (χ2n) is 5.84. The van der Waals surface area contributed by atoms with Crippen LogP contribution >= 0.6 is 0 Å². The van der Waals surface area contributed by atoms with Crippen molar-refractivity contribution < 1.29 is 9.53 Å². The zero-order valence-electron chi connectivity index (χ0n) is 13.1. The number of hydrogen-bond donors (Lipinski definition) is 1. The zero-order chi connectivity index (χ0) is 15.1. The fourth-order valence-corrected chi connectivity index (χ4v) is 2.01. The van der Waals surface area contributed by atoms with Crippen LogP contribution < -0.4 is 5.32 Å². The van der Waals surface area contributed by atoms with E-state index in [0.717, 1.165) is 18.8 Å². The summed E-state index contributed by atoms with van der Waals surface area (Å²) in [6, 6.07) is -0.302. The number of nitrogens with one attached hydrogen (secondary N) is 1. The van der Waals surface area contributed by atoms with Gasteiger partial charge in [0.2, 0.25) is 0 Å². The van der Waals surface area contributed by atoms with Gasteiger partial charge in [0.05, 0.1) is 13.7 Å². The molecule has 1 atom stereocenters. The molecule has 1 aromatic heterocycles. The fourth-order valence-electron chi connectivity index (χ4n) is 2.01. The number of carbonyl (C=O) groups is 1. The van der Waals surface area contributed by atoms with E-state index in [0.29, 0.717) is 18.4 Å². The van der Waals surface area contributed by atoms with E-state index in [1.807, 2.05) is 4.68 Å². The molecule has 0 amide bonds. The maximum absolute atomic E-state index is 11.7. The third-order valence-electron chi connectivity index (χ3n) is 2.93. The number of nitrogens with zero attached hydrogens (tertiary/aromatic N) is 3. The van der Waals surface area contributed by atoms with Gasteiger partial charge in [0.1, 0.15) is 18.2 Å². The van der Waals surface area contributed by atoms with Crippen molar-refractivity contribution in [3.8, 4) is 0 Å². The molecule has 1 aromatic rings. The van der Waals surface area contributed by atoms with E-state index < -0.39 is 0 Å². The predicted octanol–water partition coefficient (Wildman–Crippen LogP) is 1.61. The molecule has 20 heavy (non-hydrogen) atoms. The summed E-state index contributed by atoms with van der Waals surface area (Å²) < 4.78 is 6.71. The van der Waals surface area contributed by atoms with Crippen LogP contribution in [0.15, 0.2) is 6.33 Å². The molecule has 0 aliphatic rings. The van der Waals surface area contributed by atoms with Crippen molar-refractivity contribution in [2.75, 3.05) is 7.11 Å². The molecule has 0 bridgehead atoms. The highest BCUT2D eigenvalue weighted by Gasteiger charge is 2.20. The van der Waals surface area contributed by atoms with Crippen molar-refractivity contribution in [3.05, 3.63) is 12.2 Å². The van der Waals surface area contributed by atoms with Crippen LogP contribution in [0.1, 0.15) is 39.9 Å². The van der Waals surface area contributed by atoms with Crippen LogP contribution in [0.2, 0.25) is 0 Å². The molecular weight excluding hydrogens is 256 g/mol. The van der Waals surface area contributed by atoms with Crippen LogP contribution in [0, 0.1) is 11.8 Å². The van der Waals surface area contributed by atoms with E-state index >= 15 is 0 Å². The molecule has 1 rings (SSSR count). The molecule has 0 fully saturated rings. The highest BCUT2D eigenvalue weighted by atomic mass is 16.5. The zero-order valence-corrected chi connectivity index (χ0v) is 13.1. The maximum Gasteiger partial charge on any atom is 0.322 e. The van der Waals surface area contributed by atoms with Gasteiger partial charge < -0.3 is 4.74 Å². The molecule has 1 N–H and O–H groups in total. The molecule has 0 saturated heterocycles. The Bertz CT molecular complexity index is 415. The SMILES string of the molecule is COC(=O)C(CC(C)C)NCc1ncnn1CC(C)C. The van der Waals surface area contributed by atoms with Gasteiger partial charge in [-0.1, -0.05) is 27.7 Å². The van der Waals surface area contributed by atoms with Gasteiger partial charge in [0.25, 0.3) is 0 Å². The molecule has 0 aromatic carbocycles. The van der Waals surface area contributed by atoms with E-state index in [-0.39, 0.29) is 12.0 Å². The second-order valence-corrected chi connectivity index (χ2v) is 5.84. The Morgan fingerprint density at radius 3 is 2.60 bits per heavy atom. The van der Waals surface area contributed by atoms with Gasteiger partial charge in [-0.3, -0.25) is 10.1 Å². The first kappa shape index (κ1) is 16.6. The summed E-state index contributed by atoms with van der Waals surface area (Å²) in [5.74, 6) is 1.53. The average Bonchev–Trinajstić information content (AvgIpc) is 2.79. The van der Waals surface area contributed by atoms with Crippen LogP contribution in [-0.4, -0.2) is 33.9 Å². The summed E-state index contributed by atoms with van der Waals surface area (Å²) in [5.41, 5.74) is 0. The number of hydrogen-bond acceptors (Lipinski definition) is 5. The van der Waals surface area contributed by atoms with E-state index in [9.17, 15) is 4.79 Å². The molecule has 6 nitrogen and oxygen atoms in total. The largest absolute Gasteiger partial charge is 0.468 e. The molecule has 1 heterocycles. The minimum atomic E-state index is -0.302. The lowest BCUT2D eigenvalue weighted by Crippen LogP contribution is -2.39. The number of rotatable bonds is 8. The van der Waals surface area contributed by atoms with E-state index in [1.54, 1.807) is 6.33 Å². The first-order valence-corrected chi connectivity index (χ1v) is 7.11. The lowest BCUT2D eigenvalue weighted by atomic mass is 10.0. The summed E-state index contributed by atoms with van der Waals surface area (Å²) in [4.78, 5) is 16.0. The lowest BCUT2D eigenvalue weighted by molar-refractivity contribution is -0.143. The van der Waals surface area contributed by atoms with Crippen molar-refractivity contribution in [1.82, 2.24) is 20.1 Å². The Morgan fingerprint density at radius 1 is 1.35 bits per heavy atom. The Kier molecular flexibility index (Phi) is 6.64. The molecule has 0 radical (unpaired) electrons. The Morgan fingerprint density at radius 2 is 2.05 bits per heavy atom. The summed E-state index contributed by atoms with van der Waals surface area (Å²) in [6.07, 6.45) is 2.29. The third-order valence-corrected chi connectivity index (χ3v) is 2.93. The minimum absolute atomic E-state index is 0.228. The average molecular weight is 282 g/mol. The van der Waals surface area contributed by atoms with Crippen LogP contribution in [0.3, 0.4) is 0 Å². The summed E-state index contributed by atoms with van der Waals surface area (Å²) in [5, 5.41) is 7.43. The number of esters is 1. The van der Waals surface area contributed by atoms with Gasteiger partial charge in [0.15, 0.2) is 0 Å². The predicted molar refractivity (Wildman–Crippen MR) is 77.0 cm³/mol. The van der Waals surface area contributed by atoms with Gasteiger partial charge in [-0.15, -0.1) is 0 Å². The van der Waals surface area contributed by atoms with Crippen molar-refractivity contribution in [2.45, 2.75) is 53.2 Å². The summed E-state index contributed by atoms with van der Waals surface area (Å²) in [6.45, 7) is 9.77. The normalized spacial score (nSPS) is 12.9. The second kappa shape index (κ2) is 7.99. The minimum Gasteiger partial charge on any atom is -0.468 e. The number of ether oxygens (including phenoxy) is 1. The topological polar surface area (TPSA) is 69.0 Å². The van der Waals surface area contributed by atoms with Crippen molar-refractivity contribution >= 4 is 5.97 Å². The summed E-state index contributed by atoms with van der Waals surface area (Å²) in [7, 11) is 1.42. The highest BCUT2D eigenvalue weighted by molar-refractivity contribution is 5.75. The molecule has 6 heteroatoms. The maximum atomic E-state index is 11.7. The molecule has 114 valence electrons. The van der Waals surface area contributed by atoms with E-state index in [1.165, 1.54) is 7.11 Å². The molecule has 0 saturated carbocycles. The lowest BCUT2D eigenvalue weighted by Gasteiger charge is -2.18. The van der Waals surface area contributed by atoms with E-state index in [4.69, 9.17) is 4.74 Å². The van der Waals surface area contributed by atoms with Crippen molar-refractivity contribution in [1.29, 1.82) is 0 Å². The Labute approximate surface area is 120 Å². The quantitative estimate of drug-likeness (QED) is 0.734. The third kappa shape index (κ3) is 5.28. The fraction of sp³-hybridized carbons (Fsp3) is 0.786. The van der Waals surface area contributed by atoms with Gasteiger partial charge >= 0.3 is 5.97 Å². The number of carbonyl (C=O) groups excluding carboxylic acids is 1. The number of methoxy groups -OCH3 is 1. The molecule has 1 unspecified atom stereocenters. The van der Waals surface area contributed by atoms with Crippen LogP contribution in [0.25, 0.3) is 0 Å². The highest BCUT2D eigenvalue weighted by Crippen LogP contribution is 2.08. The Hall–Kier alpha value is -1.43. The monoisotopic (exact) mass is 282 g/mol. The van der Waals surface area contributed by atoms with Gasteiger partial charge in [0, 0.05) is 6.54 Å². The first-order chi connectivity index (χ1) is 9.43.